The van der Waals surface area contributed by atoms with Crippen molar-refractivity contribution in [1.29, 1.82) is 0 Å². The number of carbonyl (C=O) groups is 1. The Labute approximate surface area is 118 Å². The Morgan fingerprint density at radius 2 is 2.00 bits per heavy atom. The van der Waals surface area contributed by atoms with Gasteiger partial charge in [-0.25, -0.2) is 0 Å². The number of benzene rings is 1. The minimum Gasteiger partial charge on any atom is -0.360 e. The number of aryl methyl sites for hydroxylation is 1. The summed E-state index contributed by atoms with van der Waals surface area (Å²) in [4.78, 5) is 14.3. The van der Waals surface area contributed by atoms with E-state index < -0.39 is 0 Å². The smallest absolute Gasteiger partial charge is 0.257 e. The highest BCUT2D eigenvalue weighted by Crippen LogP contribution is 2.24. The van der Waals surface area contributed by atoms with Gasteiger partial charge < -0.3 is 14.7 Å². The number of carbonyl (C=O) groups excluding carboxylic acids is 1. The molecule has 106 valence electrons. The summed E-state index contributed by atoms with van der Waals surface area (Å²) in [5.41, 5.74) is 1.97. The van der Waals surface area contributed by atoms with Gasteiger partial charge in [-0.05, 0) is 21.0 Å². The van der Waals surface area contributed by atoms with Crippen LogP contribution in [0.4, 0.5) is 0 Å². The third-order valence-corrected chi connectivity index (χ3v) is 2.98. The second kappa shape index (κ2) is 6.34. The maximum atomic E-state index is 12.3. The number of hydrogen-bond donors (Lipinski definition) is 1. The molecule has 0 saturated heterocycles. The molecule has 2 aromatic rings. The Morgan fingerprint density at radius 3 is 2.65 bits per heavy atom. The topological polar surface area (TPSA) is 58.4 Å². The van der Waals surface area contributed by atoms with Crippen LogP contribution in [0.5, 0.6) is 0 Å². The predicted octanol–water partition coefficient (Wildman–Crippen LogP) is 1.94. The Bertz CT molecular complexity index is 576. The first-order chi connectivity index (χ1) is 9.59. The van der Waals surface area contributed by atoms with E-state index in [1.165, 1.54) is 0 Å². The lowest BCUT2D eigenvalue weighted by Crippen LogP contribution is -2.31. The van der Waals surface area contributed by atoms with Gasteiger partial charge in [-0.2, -0.15) is 0 Å². The summed E-state index contributed by atoms with van der Waals surface area (Å²) in [5.74, 6) is 0.385. The summed E-state index contributed by atoms with van der Waals surface area (Å²) < 4.78 is 5.18. The molecule has 1 aromatic carbocycles. The number of likely N-dealkylation sites (N-methyl/N-ethyl adjacent to an activating group) is 1. The number of nitrogens with one attached hydrogen (secondary N) is 1. The van der Waals surface area contributed by atoms with Crippen molar-refractivity contribution < 1.29 is 9.32 Å². The van der Waals surface area contributed by atoms with Crippen molar-refractivity contribution in [2.75, 3.05) is 27.2 Å². The standard InChI is InChI=1S/C15H19N3O2/c1-11-13(15(19)16-9-10-18(2)3)14(17-20-11)12-7-5-4-6-8-12/h4-8H,9-10H2,1-3H3,(H,16,19). The van der Waals surface area contributed by atoms with Gasteiger partial charge in [0.1, 0.15) is 17.0 Å². The van der Waals surface area contributed by atoms with E-state index in [1.54, 1.807) is 6.92 Å². The molecule has 5 nitrogen and oxygen atoms in total. The van der Waals surface area contributed by atoms with Gasteiger partial charge in [0.15, 0.2) is 0 Å². The molecule has 0 radical (unpaired) electrons. The monoisotopic (exact) mass is 273 g/mol. The average Bonchev–Trinajstić information content (AvgIpc) is 2.81. The van der Waals surface area contributed by atoms with E-state index >= 15 is 0 Å². The second-order valence-electron chi connectivity index (χ2n) is 4.89. The van der Waals surface area contributed by atoms with Crippen LogP contribution in [0, 0.1) is 6.92 Å². The molecule has 0 atom stereocenters. The van der Waals surface area contributed by atoms with E-state index in [-0.39, 0.29) is 5.91 Å². The predicted molar refractivity (Wildman–Crippen MR) is 77.6 cm³/mol. The number of hydrogen-bond acceptors (Lipinski definition) is 4. The average molecular weight is 273 g/mol. The van der Waals surface area contributed by atoms with E-state index in [0.29, 0.717) is 23.6 Å². The van der Waals surface area contributed by atoms with Gasteiger partial charge in [-0.15, -0.1) is 0 Å². The lowest BCUT2D eigenvalue weighted by atomic mass is 10.1. The maximum absolute atomic E-state index is 12.3. The molecule has 0 spiro atoms. The minimum atomic E-state index is -0.149. The van der Waals surface area contributed by atoms with Crippen molar-refractivity contribution in [3.05, 3.63) is 41.7 Å². The largest absolute Gasteiger partial charge is 0.360 e. The van der Waals surface area contributed by atoms with Gasteiger partial charge in [0.25, 0.3) is 5.91 Å². The number of nitrogens with zero attached hydrogens (tertiary/aromatic N) is 2. The van der Waals surface area contributed by atoms with Crippen LogP contribution in [0.1, 0.15) is 16.1 Å². The molecule has 1 aromatic heterocycles. The molecule has 0 saturated carbocycles. The molecular formula is C15H19N3O2. The number of amides is 1. The molecule has 1 amide bonds. The van der Waals surface area contributed by atoms with Crippen molar-refractivity contribution in [2.45, 2.75) is 6.92 Å². The second-order valence-corrected chi connectivity index (χ2v) is 4.89. The molecule has 0 unspecified atom stereocenters. The minimum absolute atomic E-state index is 0.149. The molecule has 20 heavy (non-hydrogen) atoms. The Kier molecular flexibility index (Phi) is 4.53. The third kappa shape index (κ3) is 3.24. The normalized spacial score (nSPS) is 10.8. The van der Waals surface area contributed by atoms with E-state index in [0.717, 1.165) is 12.1 Å². The van der Waals surface area contributed by atoms with Crippen LogP contribution >= 0.6 is 0 Å². The third-order valence-electron chi connectivity index (χ3n) is 2.98. The van der Waals surface area contributed by atoms with E-state index in [2.05, 4.69) is 10.5 Å². The molecule has 1 heterocycles. The Morgan fingerprint density at radius 1 is 1.30 bits per heavy atom. The summed E-state index contributed by atoms with van der Waals surface area (Å²) in [5, 5.41) is 6.89. The van der Waals surface area contributed by atoms with Gasteiger partial charge in [0.2, 0.25) is 0 Å². The highest BCUT2D eigenvalue weighted by atomic mass is 16.5. The number of rotatable bonds is 5. The van der Waals surface area contributed by atoms with Crippen LogP contribution in [0.15, 0.2) is 34.9 Å². The van der Waals surface area contributed by atoms with E-state index in [4.69, 9.17) is 4.52 Å². The maximum Gasteiger partial charge on any atom is 0.257 e. The molecular weight excluding hydrogens is 254 g/mol. The van der Waals surface area contributed by atoms with Crippen LogP contribution in [0.3, 0.4) is 0 Å². The Hall–Kier alpha value is -2.14. The summed E-state index contributed by atoms with van der Waals surface area (Å²) in [6.07, 6.45) is 0. The summed E-state index contributed by atoms with van der Waals surface area (Å²) in [6.45, 7) is 3.13. The van der Waals surface area contributed by atoms with Gasteiger partial charge in [0, 0.05) is 18.7 Å². The molecule has 0 aliphatic rings. The van der Waals surface area contributed by atoms with Crippen LogP contribution in [0.2, 0.25) is 0 Å². The van der Waals surface area contributed by atoms with Crippen molar-refractivity contribution in [3.8, 4) is 11.3 Å². The van der Waals surface area contributed by atoms with Gasteiger partial charge in [-0.1, -0.05) is 35.5 Å². The van der Waals surface area contributed by atoms with Crippen molar-refractivity contribution in [2.24, 2.45) is 0 Å². The zero-order valence-corrected chi connectivity index (χ0v) is 12.0. The van der Waals surface area contributed by atoms with Crippen LogP contribution in [0.25, 0.3) is 11.3 Å². The van der Waals surface area contributed by atoms with Crippen LogP contribution < -0.4 is 5.32 Å². The Balaban J connectivity index is 2.19. The van der Waals surface area contributed by atoms with Crippen molar-refractivity contribution in [1.82, 2.24) is 15.4 Å². The van der Waals surface area contributed by atoms with Gasteiger partial charge >= 0.3 is 0 Å². The fourth-order valence-corrected chi connectivity index (χ4v) is 1.91. The molecule has 0 fully saturated rings. The first kappa shape index (κ1) is 14.3. The lowest BCUT2D eigenvalue weighted by molar-refractivity contribution is 0.0950. The summed E-state index contributed by atoms with van der Waals surface area (Å²) in [7, 11) is 3.93. The molecule has 0 aliphatic carbocycles. The zero-order chi connectivity index (χ0) is 14.5. The first-order valence-electron chi connectivity index (χ1n) is 6.54. The molecule has 2 rings (SSSR count). The molecule has 5 heteroatoms. The van der Waals surface area contributed by atoms with Gasteiger partial charge in [-0.3, -0.25) is 4.79 Å². The van der Waals surface area contributed by atoms with Crippen LogP contribution in [-0.4, -0.2) is 43.1 Å². The molecule has 1 N–H and O–H groups in total. The van der Waals surface area contributed by atoms with E-state index in [9.17, 15) is 4.79 Å². The lowest BCUT2D eigenvalue weighted by Gasteiger charge is -2.10. The van der Waals surface area contributed by atoms with Gasteiger partial charge in [0.05, 0.1) is 0 Å². The highest BCUT2D eigenvalue weighted by Gasteiger charge is 2.20. The SMILES string of the molecule is Cc1onc(-c2ccccc2)c1C(=O)NCCN(C)C. The quantitative estimate of drug-likeness (QED) is 0.904. The fourth-order valence-electron chi connectivity index (χ4n) is 1.91. The highest BCUT2D eigenvalue weighted by molar-refractivity contribution is 6.00. The zero-order valence-electron chi connectivity index (χ0n) is 12.0. The molecule has 0 bridgehead atoms. The fraction of sp³-hybridized carbons (Fsp3) is 0.333. The van der Waals surface area contributed by atoms with Crippen LogP contribution in [-0.2, 0) is 0 Å². The van der Waals surface area contributed by atoms with E-state index in [1.807, 2.05) is 49.3 Å². The summed E-state index contributed by atoms with van der Waals surface area (Å²) in [6, 6.07) is 9.56. The van der Waals surface area contributed by atoms with Crippen molar-refractivity contribution in [3.63, 3.8) is 0 Å². The first-order valence-corrected chi connectivity index (χ1v) is 6.54. The summed E-state index contributed by atoms with van der Waals surface area (Å²) >= 11 is 0. The van der Waals surface area contributed by atoms with Crippen molar-refractivity contribution >= 4 is 5.91 Å². The molecule has 0 aliphatic heterocycles. The number of aromatic nitrogens is 1.